The fraction of sp³-hybridized carbons (Fsp3) is 0.235. The second-order valence-electron chi connectivity index (χ2n) is 5.10. The van der Waals surface area contributed by atoms with Gasteiger partial charge in [0.25, 0.3) is 0 Å². The molecule has 110 valence electrons. The molecule has 1 unspecified atom stereocenters. The number of carboxylic acid groups (broad SMARTS) is 1. The van der Waals surface area contributed by atoms with E-state index in [1.54, 1.807) is 30.3 Å². The van der Waals surface area contributed by atoms with E-state index in [0.29, 0.717) is 5.69 Å². The molecule has 0 amide bonds. The number of carboxylic acids is 1. The summed E-state index contributed by atoms with van der Waals surface area (Å²) < 4.78 is 0. The number of carbonyl (C=O) groups is 1. The maximum atomic E-state index is 11.2. The zero-order chi connectivity index (χ0) is 15.2. The molecule has 0 aliphatic heterocycles. The van der Waals surface area contributed by atoms with Gasteiger partial charge in [-0.2, -0.15) is 0 Å². The Bertz CT molecular complexity index is 608. The van der Waals surface area contributed by atoms with Crippen LogP contribution in [0.25, 0.3) is 0 Å². The smallest absolute Gasteiger partial charge is 0.337 e. The van der Waals surface area contributed by atoms with Crippen LogP contribution in [0, 0.1) is 0 Å². The van der Waals surface area contributed by atoms with Crippen LogP contribution < -0.4 is 5.32 Å². The highest BCUT2D eigenvalue weighted by Gasteiger charge is 2.11. The van der Waals surface area contributed by atoms with Crippen molar-refractivity contribution in [3.05, 3.63) is 59.7 Å². The maximum Gasteiger partial charge on any atom is 0.337 e. The van der Waals surface area contributed by atoms with Crippen LogP contribution in [0.4, 0.5) is 5.69 Å². The van der Waals surface area contributed by atoms with Crippen molar-refractivity contribution < 1.29 is 15.0 Å². The van der Waals surface area contributed by atoms with Crippen LogP contribution in [0.2, 0.25) is 0 Å². The van der Waals surface area contributed by atoms with E-state index in [4.69, 9.17) is 5.11 Å². The predicted molar refractivity (Wildman–Crippen MR) is 82.9 cm³/mol. The Morgan fingerprint density at radius 2 is 1.81 bits per heavy atom. The molecule has 1 atom stereocenters. The first-order chi connectivity index (χ1) is 10.1. The molecule has 21 heavy (non-hydrogen) atoms. The number of para-hydroxylation sites is 1. The van der Waals surface area contributed by atoms with Gasteiger partial charge in [-0.25, -0.2) is 4.79 Å². The molecule has 2 aromatic carbocycles. The summed E-state index contributed by atoms with van der Waals surface area (Å²) in [6.45, 7) is 2.03. The standard InChI is InChI=1S/C17H19NO3/c1-12(6-7-13-8-10-14(19)11-9-13)18-16-5-3-2-4-15(16)17(20)21/h2-5,8-12,18-19H,6-7H2,1H3,(H,20,21). The van der Waals surface area contributed by atoms with Gasteiger partial charge in [0.15, 0.2) is 0 Å². The molecule has 0 fully saturated rings. The Balaban J connectivity index is 1.94. The third kappa shape index (κ3) is 4.24. The van der Waals surface area contributed by atoms with E-state index in [1.165, 1.54) is 0 Å². The first kappa shape index (κ1) is 14.9. The highest BCUT2D eigenvalue weighted by molar-refractivity contribution is 5.94. The quantitative estimate of drug-likeness (QED) is 0.759. The minimum atomic E-state index is -0.927. The zero-order valence-electron chi connectivity index (χ0n) is 11.9. The molecule has 0 spiro atoms. The lowest BCUT2D eigenvalue weighted by Crippen LogP contribution is -2.18. The number of aromatic carboxylic acids is 1. The molecule has 0 aromatic heterocycles. The fourth-order valence-corrected chi connectivity index (χ4v) is 2.18. The molecule has 2 rings (SSSR count). The van der Waals surface area contributed by atoms with Crippen molar-refractivity contribution in [2.24, 2.45) is 0 Å². The lowest BCUT2D eigenvalue weighted by Gasteiger charge is -2.17. The number of hydrogen-bond acceptors (Lipinski definition) is 3. The molecule has 0 saturated carbocycles. The Hall–Kier alpha value is -2.49. The van der Waals surface area contributed by atoms with E-state index in [9.17, 15) is 9.90 Å². The molecule has 3 N–H and O–H groups in total. The van der Waals surface area contributed by atoms with E-state index < -0.39 is 5.97 Å². The summed E-state index contributed by atoms with van der Waals surface area (Å²) in [4.78, 5) is 11.2. The summed E-state index contributed by atoms with van der Waals surface area (Å²) in [5.41, 5.74) is 2.07. The molecular formula is C17H19NO3. The number of aromatic hydroxyl groups is 1. The van der Waals surface area contributed by atoms with E-state index in [1.807, 2.05) is 25.1 Å². The van der Waals surface area contributed by atoms with Gasteiger partial charge in [0, 0.05) is 11.7 Å². The molecule has 0 aliphatic rings. The van der Waals surface area contributed by atoms with Gasteiger partial charge in [0.2, 0.25) is 0 Å². The highest BCUT2D eigenvalue weighted by Crippen LogP contribution is 2.18. The van der Waals surface area contributed by atoms with Crippen molar-refractivity contribution in [1.29, 1.82) is 0 Å². The number of phenolic OH excluding ortho intramolecular Hbond substituents is 1. The van der Waals surface area contributed by atoms with Gasteiger partial charge in [-0.15, -0.1) is 0 Å². The predicted octanol–water partition coefficient (Wildman–Crippen LogP) is 3.52. The highest BCUT2D eigenvalue weighted by atomic mass is 16.4. The number of anilines is 1. The lowest BCUT2D eigenvalue weighted by atomic mass is 10.1. The first-order valence-corrected chi connectivity index (χ1v) is 6.93. The van der Waals surface area contributed by atoms with Gasteiger partial charge in [-0.1, -0.05) is 24.3 Å². The van der Waals surface area contributed by atoms with Crippen molar-refractivity contribution in [1.82, 2.24) is 0 Å². The summed E-state index contributed by atoms with van der Waals surface area (Å²) in [6.07, 6.45) is 1.74. The number of nitrogens with one attached hydrogen (secondary N) is 1. The lowest BCUT2D eigenvalue weighted by molar-refractivity contribution is 0.0698. The Morgan fingerprint density at radius 3 is 2.48 bits per heavy atom. The summed E-state index contributed by atoms with van der Waals surface area (Å²) in [5, 5.41) is 21.6. The summed E-state index contributed by atoms with van der Waals surface area (Å²) in [5.74, 6) is -0.663. The second-order valence-corrected chi connectivity index (χ2v) is 5.10. The Labute approximate surface area is 124 Å². The number of hydrogen-bond donors (Lipinski definition) is 3. The van der Waals surface area contributed by atoms with Crippen LogP contribution in [-0.4, -0.2) is 22.2 Å². The van der Waals surface area contributed by atoms with E-state index in [2.05, 4.69) is 5.32 Å². The zero-order valence-corrected chi connectivity index (χ0v) is 11.9. The van der Waals surface area contributed by atoms with Gasteiger partial charge >= 0.3 is 5.97 Å². The van der Waals surface area contributed by atoms with Crippen molar-refractivity contribution in [2.75, 3.05) is 5.32 Å². The minimum Gasteiger partial charge on any atom is -0.508 e. The largest absolute Gasteiger partial charge is 0.508 e. The van der Waals surface area contributed by atoms with Crippen LogP contribution in [0.5, 0.6) is 5.75 Å². The molecule has 0 bridgehead atoms. The molecule has 0 aliphatic carbocycles. The summed E-state index contributed by atoms with van der Waals surface area (Å²) in [6, 6.07) is 14.2. The van der Waals surface area contributed by atoms with Crippen molar-refractivity contribution in [2.45, 2.75) is 25.8 Å². The van der Waals surface area contributed by atoms with Gasteiger partial charge in [-0.3, -0.25) is 0 Å². The van der Waals surface area contributed by atoms with Gasteiger partial charge in [0.1, 0.15) is 5.75 Å². The average molecular weight is 285 g/mol. The topological polar surface area (TPSA) is 69.6 Å². The fourth-order valence-electron chi connectivity index (χ4n) is 2.18. The van der Waals surface area contributed by atoms with Crippen LogP contribution >= 0.6 is 0 Å². The maximum absolute atomic E-state index is 11.2. The molecular weight excluding hydrogens is 266 g/mol. The Kier molecular flexibility index (Phi) is 4.82. The normalized spacial score (nSPS) is 11.9. The van der Waals surface area contributed by atoms with Gasteiger partial charge in [0.05, 0.1) is 5.56 Å². The number of rotatable bonds is 6. The van der Waals surface area contributed by atoms with Crippen LogP contribution in [0.3, 0.4) is 0 Å². The molecule has 2 aromatic rings. The molecule has 4 heteroatoms. The van der Waals surface area contributed by atoms with Crippen molar-refractivity contribution >= 4 is 11.7 Å². The number of aryl methyl sites for hydroxylation is 1. The van der Waals surface area contributed by atoms with Crippen molar-refractivity contribution in [3.63, 3.8) is 0 Å². The van der Waals surface area contributed by atoms with Crippen LogP contribution in [0.15, 0.2) is 48.5 Å². The molecule has 4 nitrogen and oxygen atoms in total. The van der Waals surface area contributed by atoms with Gasteiger partial charge < -0.3 is 15.5 Å². The van der Waals surface area contributed by atoms with E-state index >= 15 is 0 Å². The SMILES string of the molecule is CC(CCc1ccc(O)cc1)Nc1ccccc1C(=O)O. The number of benzene rings is 2. The van der Waals surface area contributed by atoms with Crippen LogP contribution in [0.1, 0.15) is 29.3 Å². The second kappa shape index (κ2) is 6.79. The van der Waals surface area contributed by atoms with E-state index in [-0.39, 0.29) is 17.4 Å². The monoisotopic (exact) mass is 285 g/mol. The third-order valence-electron chi connectivity index (χ3n) is 3.36. The summed E-state index contributed by atoms with van der Waals surface area (Å²) in [7, 11) is 0. The molecule has 0 radical (unpaired) electrons. The van der Waals surface area contributed by atoms with Crippen molar-refractivity contribution in [3.8, 4) is 5.75 Å². The average Bonchev–Trinajstić information content (AvgIpc) is 2.47. The van der Waals surface area contributed by atoms with Gasteiger partial charge in [-0.05, 0) is 49.6 Å². The molecule has 0 saturated heterocycles. The van der Waals surface area contributed by atoms with Crippen LogP contribution in [-0.2, 0) is 6.42 Å². The molecule has 0 heterocycles. The summed E-state index contributed by atoms with van der Waals surface area (Å²) >= 11 is 0. The van der Waals surface area contributed by atoms with E-state index in [0.717, 1.165) is 18.4 Å². The first-order valence-electron chi connectivity index (χ1n) is 6.93. The Morgan fingerprint density at radius 1 is 1.14 bits per heavy atom. The number of phenols is 1. The third-order valence-corrected chi connectivity index (χ3v) is 3.36. The minimum absolute atomic E-state index is 0.152.